The molecule has 0 radical (unpaired) electrons. The van der Waals surface area contributed by atoms with Gasteiger partial charge in [-0.1, -0.05) is 35.9 Å². The maximum Gasteiger partial charge on any atom is 0.311 e. The monoisotopic (exact) mass is 303 g/mol. The predicted octanol–water partition coefficient (Wildman–Crippen LogP) is 3.82. The molecule has 21 heavy (non-hydrogen) atoms. The molecule has 0 aliphatic heterocycles. The van der Waals surface area contributed by atoms with Crippen LogP contribution in [-0.2, 0) is 11.2 Å². The number of rotatable bonds is 5. The second kappa shape index (κ2) is 6.64. The van der Waals surface area contributed by atoms with Gasteiger partial charge >= 0.3 is 5.97 Å². The van der Waals surface area contributed by atoms with E-state index in [1.807, 2.05) is 61.5 Å². The van der Waals surface area contributed by atoms with Gasteiger partial charge in [-0.2, -0.15) is 0 Å². The van der Waals surface area contributed by atoms with Crippen LogP contribution in [0.1, 0.15) is 17.0 Å². The van der Waals surface area contributed by atoms with E-state index in [2.05, 4.69) is 0 Å². The standard InChI is InChI=1S/C17H18ClNO2/c1-19(2)15-8-6-13(7-9-15)16(17(20)21)11-12-4-3-5-14(18)10-12/h3-10,16H,11H2,1-2H3,(H,20,21). The van der Waals surface area contributed by atoms with E-state index in [0.29, 0.717) is 11.4 Å². The predicted molar refractivity (Wildman–Crippen MR) is 86.3 cm³/mol. The Hall–Kier alpha value is -2.00. The van der Waals surface area contributed by atoms with Gasteiger partial charge in [-0.3, -0.25) is 4.79 Å². The highest BCUT2D eigenvalue weighted by Crippen LogP contribution is 2.25. The average Bonchev–Trinajstić information content (AvgIpc) is 2.44. The topological polar surface area (TPSA) is 40.5 Å². The summed E-state index contributed by atoms with van der Waals surface area (Å²) in [5.41, 5.74) is 2.77. The number of anilines is 1. The van der Waals surface area contributed by atoms with Gasteiger partial charge in [0.2, 0.25) is 0 Å². The summed E-state index contributed by atoms with van der Waals surface area (Å²) in [6.45, 7) is 0. The first-order valence-corrected chi connectivity index (χ1v) is 7.09. The Morgan fingerprint density at radius 3 is 2.38 bits per heavy atom. The normalized spacial score (nSPS) is 12.0. The van der Waals surface area contributed by atoms with E-state index < -0.39 is 11.9 Å². The van der Waals surface area contributed by atoms with Crippen LogP contribution in [0.2, 0.25) is 5.02 Å². The number of nitrogens with zero attached hydrogens (tertiary/aromatic N) is 1. The number of halogens is 1. The summed E-state index contributed by atoms with van der Waals surface area (Å²) >= 11 is 5.96. The molecule has 0 spiro atoms. The minimum Gasteiger partial charge on any atom is -0.481 e. The summed E-state index contributed by atoms with van der Waals surface area (Å²) in [5.74, 6) is -1.40. The first-order chi connectivity index (χ1) is 9.97. The Morgan fingerprint density at radius 1 is 1.19 bits per heavy atom. The molecule has 2 aromatic carbocycles. The van der Waals surface area contributed by atoms with Crippen molar-refractivity contribution in [1.29, 1.82) is 0 Å². The van der Waals surface area contributed by atoms with Crippen LogP contribution in [0.15, 0.2) is 48.5 Å². The summed E-state index contributed by atoms with van der Waals surface area (Å²) < 4.78 is 0. The zero-order valence-corrected chi connectivity index (χ0v) is 12.8. The third-order valence-corrected chi connectivity index (χ3v) is 3.67. The van der Waals surface area contributed by atoms with Crippen LogP contribution in [0.4, 0.5) is 5.69 Å². The fraction of sp³-hybridized carbons (Fsp3) is 0.235. The minimum absolute atomic E-state index is 0.428. The van der Waals surface area contributed by atoms with Gasteiger partial charge in [0.1, 0.15) is 0 Å². The molecule has 110 valence electrons. The molecule has 1 atom stereocenters. The average molecular weight is 304 g/mol. The van der Waals surface area contributed by atoms with Gasteiger partial charge in [-0.05, 0) is 41.8 Å². The maximum atomic E-state index is 11.6. The third-order valence-electron chi connectivity index (χ3n) is 3.44. The van der Waals surface area contributed by atoms with E-state index in [1.165, 1.54) is 0 Å². The van der Waals surface area contributed by atoms with E-state index >= 15 is 0 Å². The highest BCUT2D eigenvalue weighted by atomic mass is 35.5. The second-order valence-corrected chi connectivity index (χ2v) is 5.65. The van der Waals surface area contributed by atoms with Crippen molar-refractivity contribution < 1.29 is 9.90 Å². The molecule has 0 bridgehead atoms. The SMILES string of the molecule is CN(C)c1ccc(C(Cc2cccc(Cl)c2)C(=O)O)cc1. The van der Waals surface area contributed by atoms with Gasteiger partial charge in [0.25, 0.3) is 0 Å². The lowest BCUT2D eigenvalue weighted by atomic mass is 9.92. The smallest absolute Gasteiger partial charge is 0.311 e. The molecule has 0 aromatic heterocycles. The number of benzene rings is 2. The zero-order valence-electron chi connectivity index (χ0n) is 12.1. The van der Waals surface area contributed by atoms with Crippen LogP contribution in [0, 0.1) is 0 Å². The van der Waals surface area contributed by atoms with Gasteiger partial charge < -0.3 is 10.0 Å². The lowest BCUT2D eigenvalue weighted by Gasteiger charge is -2.16. The third kappa shape index (κ3) is 3.99. The van der Waals surface area contributed by atoms with Crippen LogP contribution in [0.3, 0.4) is 0 Å². The zero-order chi connectivity index (χ0) is 15.4. The highest BCUT2D eigenvalue weighted by Gasteiger charge is 2.20. The number of hydrogen-bond acceptors (Lipinski definition) is 2. The molecule has 2 rings (SSSR count). The number of carboxylic acids is 1. The van der Waals surface area contributed by atoms with Crippen molar-refractivity contribution in [3.8, 4) is 0 Å². The van der Waals surface area contributed by atoms with Crippen molar-refractivity contribution >= 4 is 23.3 Å². The Morgan fingerprint density at radius 2 is 1.86 bits per heavy atom. The van der Waals surface area contributed by atoms with Gasteiger partial charge in [0, 0.05) is 24.8 Å². The molecule has 0 amide bonds. The summed E-state index contributed by atoms with van der Waals surface area (Å²) in [4.78, 5) is 13.5. The van der Waals surface area contributed by atoms with Crippen molar-refractivity contribution in [1.82, 2.24) is 0 Å². The fourth-order valence-corrected chi connectivity index (χ4v) is 2.47. The summed E-state index contributed by atoms with van der Waals surface area (Å²) in [6.07, 6.45) is 0.428. The molecule has 3 nitrogen and oxygen atoms in total. The summed E-state index contributed by atoms with van der Waals surface area (Å²) in [7, 11) is 3.91. The minimum atomic E-state index is -0.826. The van der Waals surface area contributed by atoms with E-state index in [9.17, 15) is 9.90 Å². The quantitative estimate of drug-likeness (QED) is 0.913. The van der Waals surface area contributed by atoms with Crippen LogP contribution in [0.5, 0.6) is 0 Å². The van der Waals surface area contributed by atoms with E-state index in [1.54, 1.807) is 6.07 Å². The van der Waals surface area contributed by atoms with Gasteiger partial charge in [0.15, 0.2) is 0 Å². The van der Waals surface area contributed by atoms with Crippen LogP contribution < -0.4 is 4.90 Å². The number of carbonyl (C=O) groups is 1. The Balaban J connectivity index is 2.24. The van der Waals surface area contributed by atoms with Crippen LogP contribution in [0.25, 0.3) is 0 Å². The molecule has 0 aliphatic carbocycles. The van der Waals surface area contributed by atoms with Crippen LogP contribution >= 0.6 is 11.6 Å². The van der Waals surface area contributed by atoms with Gasteiger partial charge in [-0.25, -0.2) is 0 Å². The number of hydrogen-bond donors (Lipinski definition) is 1. The largest absolute Gasteiger partial charge is 0.481 e. The Kier molecular flexibility index (Phi) is 4.86. The van der Waals surface area contributed by atoms with Crippen molar-refractivity contribution in [2.45, 2.75) is 12.3 Å². The highest BCUT2D eigenvalue weighted by molar-refractivity contribution is 6.30. The van der Waals surface area contributed by atoms with E-state index in [0.717, 1.165) is 16.8 Å². The fourth-order valence-electron chi connectivity index (χ4n) is 2.25. The Labute approximate surface area is 129 Å². The summed E-state index contributed by atoms with van der Waals surface area (Å²) in [5, 5.41) is 10.1. The molecule has 1 unspecified atom stereocenters. The molecule has 0 saturated carbocycles. The lowest BCUT2D eigenvalue weighted by molar-refractivity contribution is -0.138. The number of carboxylic acid groups (broad SMARTS) is 1. The first kappa shape index (κ1) is 15.4. The molecule has 0 fully saturated rings. The molecule has 2 aromatic rings. The van der Waals surface area contributed by atoms with Gasteiger partial charge in [-0.15, -0.1) is 0 Å². The molecule has 0 saturated heterocycles. The number of aliphatic carboxylic acids is 1. The summed E-state index contributed by atoms with van der Waals surface area (Å²) in [6, 6.07) is 14.9. The van der Waals surface area contributed by atoms with Crippen LogP contribution in [-0.4, -0.2) is 25.2 Å². The van der Waals surface area contributed by atoms with Crippen molar-refractivity contribution in [2.75, 3.05) is 19.0 Å². The van der Waals surface area contributed by atoms with Crippen molar-refractivity contribution in [3.05, 3.63) is 64.7 Å². The Bertz CT molecular complexity index is 623. The van der Waals surface area contributed by atoms with Crippen molar-refractivity contribution in [3.63, 3.8) is 0 Å². The molecular weight excluding hydrogens is 286 g/mol. The van der Waals surface area contributed by atoms with E-state index in [-0.39, 0.29) is 0 Å². The molecular formula is C17H18ClNO2. The van der Waals surface area contributed by atoms with E-state index in [4.69, 9.17) is 11.6 Å². The molecule has 0 aliphatic rings. The first-order valence-electron chi connectivity index (χ1n) is 6.72. The molecule has 0 heterocycles. The maximum absolute atomic E-state index is 11.6. The van der Waals surface area contributed by atoms with Crippen molar-refractivity contribution in [2.24, 2.45) is 0 Å². The molecule has 4 heteroatoms. The molecule has 1 N–H and O–H groups in total. The second-order valence-electron chi connectivity index (χ2n) is 5.21. The van der Waals surface area contributed by atoms with Gasteiger partial charge in [0.05, 0.1) is 5.92 Å². The lowest BCUT2D eigenvalue weighted by Crippen LogP contribution is -2.15.